The fourth-order valence-corrected chi connectivity index (χ4v) is 2.26. The van der Waals surface area contributed by atoms with Crippen molar-refractivity contribution in [1.82, 2.24) is 5.32 Å². The molecule has 0 bridgehead atoms. The van der Waals surface area contributed by atoms with E-state index in [-0.39, 0.29) is 12.3 Å². The van der Waals surface area contributed by atoms with Crippen LogP contribution in [-0.4, -0.2) is 25.0 Å². The third-order valence-electron chi connectivity index (χ3n) is 3.36. The van der Waals surface area contributed by atoms with Gasteiger partial charge in [-0.05, 0) is 23.3 Å². The molecule has 0 fully saturated rings. The largest absolute Gasteiger partial charge is 0.467 e. The van der Waals surface area contributed by atoms with Crippen LogP contribution in [0.3, 0.4) is 0 Å². The van der Waals surface area contributed by atoms with Crippen molar-refractivity contribution in [3.8, 4) is 0 Å². The lowest BCUT2D eigenvalue weighted by Gasteiger charge is -2.16. The molecule has 0 saturated carbocycles. The first kappa shape index (κ1) is 16.7. The Bertz CT molecular complexity index is 673. The molecular weight excluding hydrogens is 297 g/mol. The fourth-order valence-electron chi connectivity index (χ4n) is 2.26. The van der Waals surface area contributed by atoms with Gasteiger partial charge in [0.05, 0.1) is 13.5 Å². The summed E-state index contributed by atoms with van der Waals surface area (Å²) in [6, 6.07) is 14.4. The molecule has 0 heterocycles. The summed E-state index contributed by atoms with van der Waals surface area (Å²) < 4.78 is 17.9. The second kappa shape index (κ2) is 8.08. The minimum Gasteiger partial charge on any atom is -0.467 e. The Morgan fingerprint density at radius 1 is 1.09 bits per heavy atom. The number of benzene rings is 2. The van der Waals surface area contributed by atoms with Gasteiger partial charge >= 0.3 is 5.97 Å². The van der Waals surface area contributed by atoms with Crippen molar-refractivity contribution in [3.05, 3.63) is 71.5 Å². The third kappa shape index (κ3) is 5.21. The van der Waals surface area contributed by atoms with Crippen LogP contribution in [0.15, 0.2) is 54.6 Å². The van der Waals surface area contributed by atoms with Gasteiger partial charge in [0, 0.05) is 6.42 Å². The molecule has 0 aliphatic rings. The maximum atomic E-state index is 13.1. The first-order valence-corrected chi connectivity index (χ1v) is 7.24. The number of hydrogen-bond donors (Lipinski definition) is 1. The number of rotatable bonds is 6. The van der Waals surface area contributed by atoms with Crippen LogP contribution < -0.4 is 5.32 Å². The van der Waals surface area contributed by atoms with E-state index in [2.05, 4.69) is 5.32 Å². The molecule has 1 atom stereocenters. The Morgan fingerprint density at radius 3 is 2.43 bits per heavy atom. The second-order valence-corrected chi connectivity index (χ2v) is 5.14. The lowest BCUT2D eigenvalue weighted by atomic mass is 10.1. The Labute approximate surface area is 134 Å². The van der Waals surface area contributed by atoms with Crippen LogP contribution >= 0.6 is 0 Å². The van der Waals surface area contributed by atoms with E-state index in [1.807, 2.05) is 30.3 Å². The molecule has 2 aromatic carbocycles. The van der Waals surface area contributed by atoms with Gasteiger partial charge in [0.15, 0.2) is 0 Å². The molecule has 0 aliphatic carbocycles. The summed E-state index contributed by atoms with van der Waals surface area (Å²) >= 11 is 0. The monoisotopic (exact) mass is 315 g/mol. The first-order valence-electron chi connectivity index (χ1n) is 7.24. The summed E-state index contributed by atoms with van der Waals surface area (Å²) in [5.74, 6) is -1.27. The van der Waals surface area contributed by atoms with Gasteiger partial charge in [-0.15, -0.1) is 0 Å². The summed E-state index contributed by atoms with van der Waals surface area (Å²) in [5, 5.41) is 2.65. The minimum atomic E-state index is -0.775. The highest BCUT2D eigenvalue weighted by Gasteiger charge is 2.22. The summed E-state index contributed by atoms with van der Waals surface area (Å²) in [7, 11) is 1.28. The zero-order chi connectivity index (χ0) is 16.7. The SMILES string of the molecule is COC(=O)[C@@H](Cc1ccccc1)NC(=O)Cc1cccc(F)c1. The first-order chi connectivity index (χ1) is 11.1. The zero-order valence-electron chi connectivity index (χ0n) is 12.8. The van der Waals surface area contributed by atoms with Gasteiger partial charge in [-0.2, -0.15) is 0 Å². The van der Waals surface area contributed by atoms with Crippen molar-refractivity contribution in [1.29, 1.82) is 0 Å². The molecule has 0 saturated heterocycles. The number of esters is 1. The van der Waals surface area contributed by atoms with Crippen molar-refractivity contribution < 1.29 is 18.7 Å². The quantitative estimate of drug-likeness (QED) is 0.832. The maximum Gasteiger partial charge on any atom is 0.328 e. The summed E-state index contributed by atoms with van der Waals surface area (Å²) in [5.41, 5.74) is 1.46. The smallest absolute Gasteiger partial charge is 0.328 e. The van der Waals surface area contributed by atoms with Crippen molar-refractivity contribution in [2.24, 2.45) is 0 Å². The van der Waals surface area contributed by atoms with E-state index in [0.29, 0.717) is 12.0 Å². The highest BCUT2D eigenvalue weighted by atomic mass is 19.1. The van der Waals surface area contributed by atoms with Gasteiger partial charge in [-0.25, -0.2) is 9.18 Å². The van der Waals surface area contributed by atoms with Crippen molar-refractivity contribution in [3.63, 3.8) is 0 Å². The number of ether oxygens (including phenoxy) is 1. The maximum absolute atomic E-state index is 13.1. The van der Waals surface area contributed by atoms with Crippen LogP contribution in [0.2, 0.25) is 0 Å². The normalized spacial score (nSPS) is 11.6. The molecule has 2 aromatic rings. The van der Waals surface area contributed by atoms with E-state index in [1.165, 1.54) is 19.2 Å². The molecule has 5 heteroatoms. The highest BCUT2D eigenvalue weighted by Crippen LogP contribution is 2.07. The second-order valence-electron chi connectivity index (χ2n) is 5.14. The summed E-state index contributed by atoms with van der Waals surface area (Å²) in [6.07, 6.45) is 0.336. The number of amides is 1. The van der Waals surface area contributed by atoms with Gasteiger partial charge in [-0.3, -0.25) is 4.79 Å². The van der Waals surface area contributed by atoms with Crippen LogP contribution in [0.1, 0.15) is 11.1 Å². The Balaban J connectivity index is 2.02. The Morgan fingerprint density at radius 2 is 1.78 bits per heavy atom. The molecule has 1 N–H and O–H groups in total. The lowest BCUT2D eigenvalue weighted by Crippen LogP contribution is -2.43. The number of nitrogens with one attached hydrogen (secondary N) is 1. The predicted molar refractivity (Wildman–Crippen MR) is 84.2 cm³/mol. The lowest BCUT2D eigenvalue weighted by molar-refractivity contribution is -0.145. The average Bonchev–Trinajstić information content (AvgIpc) is 2.54. The molecule has 0 spiro atoms. The molecule has 0 aromatic heterocycles. The molecule has 23 heavy (non-hydrogen) atoms. The number of halogens is 1. The van der Waals surface area contributed by atoms with E-state index in [1.54, 1.807) is 12.1 Å². The van der Waals surface area contributed by atoms with E-state index in [0.717, 1.165) is 5.56 Å². The van der Waals surface area contributed by atoms with Crippen molar-refractivity contribution >= 4 is 11.9 Å². The number of carbonyl (C=O) groups excluding carboxylic acids is 2. The van der Waals surface area contributed by atoms with Gasteiger partial charge in [0.2, 0.25) is 5.91 Å². The molecule has 4 nitrogen and oxygen atoms in total. The average molecular weight is 315 g/mol. The van der Waals surface area contributed by atoms with Gasteiger partial charge in [0.25, 0.3) is 0 Å². The van der Waals surface area contributed by atoms with Gasteiger partial charge in [-0.1, -0.05) is 42.5 Å². The third-order valence-corrected chi connectivity index (χ3v) is 3.36. The number of hydrogen-bond acceptors (Lipinski definition) is 3. The highest BCUT2D eigenvalue weighted by molar-refractivity contribution is 5.85. The van der Waals surface area contributed by atoms with E-state index >= 15 is 0 Å². The topological polar surface area (TPSA) is 55.4 Å². The van der Waals surface area contributed by atoms with Crippen LogP contribution in [0.5, 0.6) is 0 Å². The molecule has 0 unspecified atom stereocenters. The van der Waals surface area contributed by atoms with Crippen molar-refractivity contribution in [2.45, 2.75) is 18.9 Å². The molecule has 120 valence electrons. The van der Waals surface area contributed by atoms with Crippen LogP contribution in [0, 0.1) is 5.82 Å². The zero-order valence-corrected chi connectivity index (χ0v) is 12.8. The summed E-state index contributed by atoms with van der Waals surface area (Å²) in [6.45, 7) is 0. The standard InChI is InChI=1S/C18H18FNO3/c1-23-18(22)16(11-13-6-3-2-4-7-13)20-17(21)12-14-8-5-9-15(19)10-14/h2-10,16H,11-12H2,1H3,(H,20,21)/t16-/m1/s1. The van der Waals surface area contributed by atoms with Gasteiger partial charge < -0.3 is 10.1 Å². The van der Waals surface area contributed by atoms with Crippen LogP contribution in [-0.2, 0) is 27.2 Å². The van der Waals surface area contributed by atoms with Crippen molar-refractivity contribution in [2.75, 3.05) is 7.11 Å². The number of carbonyl (C=O) groups is 2. The number of methoxy groups -OCH3 is 1. The molecule has 1 amide bonds. The van der Waals surface area contributed by atoms with E-state index in [9.17, 15) is 14.0 Å². The molecule has 0 aliphatic heterocycles. The Kier molecular flexibility index (Phi) is 5.86. The molecular formula is C18H18FNO3. The molecule has 2 rings (SSSR count). The van der Waals surface area contributed by atoms with Crippen LogP contribution in [0.25, 0.3) is 0 Å². The van der Waals surface area contributed by atoms with Gasteiger partial charge in [0.1, 0.15) is 11.9 Å². The van der Waals surface area contributed by atoms with Crippen LogP contribution in [0.4, 0.5) is 4.39 Å². The molecule has 0 radical (unpaired) electrons. The fraction of sp³-hybridized carbons (Fsp3) is 0.222. The summed E-state index contributed by atoms with van der Waals surface area (Å²) in [4.78, 5) is 24.0. The predicted octanol–water partition coefficient (Wildman–Crippen LogP) is 2.27. The van der Waals surface area contributed by atoms with E-state index < -0.39 is 17.8 Å². The van der Waals surface area contributed by atoms with E-state index in [4.69, 9.17) is 4.74 Å². The Hall–Kier alpha value is -2.69. The minimum absolute atomic E-state index is 0.0000436.